The summed E-state index contributed by atoms with van der Waals surface area (Å²) in [7, 11) is 0. The van der Waals surface area contributed by atoms with Gasteiger partial charge in [-0.15, -0.1) is 11.6 Å². The largest absolute Gasteiger partial charge is 0.478 e. The summed E-state index contributed by atoms with van der Waals surface area (Å²) in [5.41, 5.74) is 0.617. The number of hydrogen-bond donors (Lipinski definition) is 3. The van der Waals surface area contributed by atoms with Gasteiger partial charge in [-0.2, -0.15) is 0 Å². The van der Waals surface area contributed by atoms with Gasteiger partial charge in [0, 0.05) is 11.0 Å². The Morgan fingerprint density at radius 2 is 2.18 bits per heavy atom. The molecule has 1 aromatic rings. The molecule has 4 nitrogen and oxygen atoms in total. The molecule has 0 radical (unpaired) electrons. The summed E-state index contributed by atoms with van der Waals surface area (Å²) in [4.78, 5) is 10.8. The molecule has 0 saturated carbocycles. The first-order chi connectivity index (χ1) is 7.95. The van der Waals surface area contributed by atoms with E-state index in [2.05, 4.69) is 21.2 Å². The smallest absolute Gasteiger partial charge is 0.335 e. The Labute approximate surface area is 117 Å². The van der Waals surface area contributed by atoms with Gasteiger partial charge in [-0.3, -0.25) is 0 Å². The van der Waals surface area contributed by atoms with Crippen LogP contribution < -0.4 is 5.32 Å². The third kappa shape index (κ3) is 4.03. The molecule has 3 N–H and O–H groups in total. The number of alkyl halides is 1. The minimum Gasteiger partial charge on any atom is -0.478 e. The number of hydrogen-bond acceptors (Lipinski definition) is 3. The number of anilines is 1. The van der Waals surface area contributed by atoms with Crippen molar-refractivity contribution >= 4 is 50.8 Å². The van der Waals surface area contributed by atoms with Crippen LogP contribution in [0.3, 0.4) is 0 Å². The number of halogens is 3. The van der Waals surface area contributed by atoms with Gasteiger partial charge in [0.25, 0.3) is 0 Å². The van der Waals surface area contributed by atoms with Crippen LogP contribution in [-0.2, 0) is 0 Å². The van der Waals surface area contributed by atoms with E-state index in [1.807, 2.05) is 0 Å². The standard InChI is InChI=1S/C10H10BrCl2NO3/c11-7-1-5(10(16)17)2-8(13)9(7)14-4-6(15)3-12/h1-2,6,14-15H,3-4H2,(H,16,17). The van der Waals surface area contributed by atoms with Crippen LogP contribution in [0.15, 0.2) is 16.6 Å². The van der Waals surface area contributed by atoms with E-state index in [-0.39, 0.29) is 23.0 Å². The van der Waals surface area contributed by atoms with Crippen molar-refractivity contribution in [2.75, 3.05) is 17.7 Å². The van der Waals surface area contributed by atoms with Crippen molar-refractivity contribution in [2.24, 2.45) is 0 Å². The summed E-state index contributed by atoms with van der Waals surface area (Å²) in [6.07, 6.45) is -0.696. The average molecular weight is 343 g/mol. The lowest BCUT2D eigenvalue weighted by atomic mass is 10.2. The Hall–Kier alpha value is -0.490. The third-order valence-corrected chi connectivity index (χ3v) is 3.26. The SMILES string of the molecule is O=C(O)c1cc(Cl)c(NCC(O)CCl)c(Br)c1. The number of aliphatic hydroxyl groups excluding tert-OH is 1. The van der Waals surface area contributed by atoms with Crippen LogP contribution in [0.5, 0.6) is 0 Å². The Morgan fingerprint density at radius 3 is 2.65 bits per heavy atom. The summed E-state index contributed by atoms with van der Waals surface area (Å²) >= 11 is 14.6. The molecule has 7 heteroatoms. The molecular formula is C10H10BrCl2NO3. The van der Waals surface area contributed by atoms with Crippen molar-refractivity contribution in [3.05, 3.63) is 27.2 Å². The van der Waals surface area contributed by atoms with Crippen molar-refractivity contribution < 1.29 is 15.0 Å². The summed E-state index contributed by atoms with van der Waals surface area (Å²) in [6.45, 7) is 0.230. The molecule has 0 aromatic heterocycles. The maximum Gasteiger partial charge on any atom is 0.335 e. The molecule has 0 saturated heterocycles. The number of benzene rings is 1. The second-order valence-electron chi connectivity index (χ2n) is 3.31. The first-order valence-corrected chi connectivity index (χ1v) is 6.36. The molecule has 0 aliphatic heterocycles. The highest BCUT2D eigenvalue weighted by molar-refractivity contribution is 9.10. The molecule has 1 aromatic carbocycles. The van der Waals surface area contributed by atoms with E-state index < -0.39 is 12.1 Å². The molecule has 0 spiro atoms. The zero-order valence-corrected chi connectivity index (χ0v) is 11.7. The van der Waals surface area contributed by atoms with Crippen molar-refractivity contribution in [2.45, 2.75) is 6.10 Å². The lowest BCUT2D eigenvalue weighted by molar-refractivity contribution is 0.0697. The zero-order chi connectivity index (χ0) is 13.0. The van der Waals surface area contributed by atoms with Gasteiger partial charge in [0.15, 0.2) is 0 Å². The topological polar surface area (TPSA) is 69.6 Å². The predicted molar refractivity (Wildman–Crippen MR) is 71.3 cm³/mol. The minimum absolute atomic E-state index is 0.0883. The van der Waals surface area contributed by atoms with Gasteiger partial charge in [0.2, 0.25) is 0 Å². The average Bonchev–Trinajstić information content (AvgIpc) is 2.27. The predicted octanol–water partition coefficient (Wildman–Crippen LogP) is 2.81. The highest BCUT2D eigenvalue weighted by Crippen LogP contribution is 2.32. The normalized spacial score (nSPS) is 12.2. The number of nitrogens with one attached hydrogen (secondary N) is 1. The first-order valence-electron chi connectivity index (χ1n) is 4.66. The van der Waals surface area contributed by atoms with Crippen LogP contribution in [0, 0.1) is 0 Å². The summed E-state index contributed by atoms with van der Waals surface area (Å²) in [5.74, 6) is -0.949. The Bertz CT molecular complexity index is 405. The molecule has 94 valence electrons. The van der Waals surface area contributed by atoms with E-state index in [9.17, 15) is 9.90 Å². The number of carboxylic acids is 1. The summed E-state index contributed by atoms with van der Waals surface area (Å²) in [6, 6.07) is 2.77. The fraction of sp³-hybridized carbons (Fsp3) is 0.300. The van der Waals surface area contributed by atoms with Gasteiger partial charge in [-0.05, 0) is 28.1 Å². The van der Waals surface area contributed by atoms with Crippen molar-refractivity contribution in [3.63, 3.8) is 0 Å². The lowest BCUT2D eigenvalue weighted by Gasteiger charge is -2.13. The minimum atomic E-state index is -1.06. The van der Waals surface area contributed by atoms with Crippen molar-refractivity contribution in [3.8, 4) is 0 Å². The van der Waals surface area contributed by atoms with E-state index in [1.165, 1.54) is 12.1 Å². The molecule has 1 rings (SSSR count). The van der Waals surface area contributed by atoms with Crippen LogP contribution in [0.1, 0.15) is 10.4 Å². The van der Waals surface area contributed by atoms with Gasteiger partial charge in [-0.25, -0.2) is 4.79 Å². The van der Waals surface area contributed by atoms with Gasteiger partial charge in [-0.1, -0.05) is 11.6 Å². The zero-order valence-electron chi connectivity index (χ0n) is 8.58. The summed E-state index contributed by atoms with van der Waals surface area (Å²) in [5, 5.41) is 21.3. The molecule has 1 atom stereocenters. The third-order valence-electron chi connectivity index (χ3n) is 1.98. The van der Waals surface area contributed by atoms with Crippen LogP contribution in [-0.4, -0.2) is 34.7 Å². The number of aliphatic hydroxyl groups is 1. The first kappa shape index (κ1) is 14.6. The van der Waals surface area contributed by atoms with E-state index in [1.54, 1.807) is 0 Å². The number of carboxylic acid groups (broad SMARTS) is 1. The molecule has 0 aliphatic rings. The maximum absolute atomic E-state index is 10.8. The Morgan fingerprint density at radius 1 is 1.53 bits per heavy atom. The van der Waals surface area contributed by atoms with Crippen LogP contribution in [0.2, 0.25) is 5.02 Å². The van der Waals surface area contributed by atoms with E-state index in [0.29, 0.717) is 10.2 Å². The lowest BCUT2D eigenvalue weighted by Crippen LogP contribution is -2.21. The molecular weight excluding hydrogens is 333 g/mol. The number of rotatable bonds is 5. The highest BCUT2D eigenvalue weighted by Gasteiger charge is 2.12. The van der Waals surface area contributed by atoms with Crippen LogP contribution in [0.4, 0.5) is 5.69 Å². The maximum atomic E-state index is 10.8. The fourth-order valence-electron chi connectivity index (χ4n) is 1.14. The van der Waals surface area contributed by atoms with Gasteiger partial charge in [0.05, 0.1) is 28.3 Å². The Balaban J connectivity index is 2.90. The monoisotopic (exact) mass is 341 g/mol. The van der Waals surface area contributed by atoms with Crippen LogP contribution in [0.25, 0.3) is 0 Å². The molecule has 17 heavy (non-hydrogen) atoms. The second-order valence-corrected chi connectivity index (χ2v) is 4.88. The highest BCUT2D eigenvalue weighted by atomic mass is 79.9. The van der Waals surface area contributed by atoms with Gasteiger partial charge < -0.3 is 15.5 Å². The number of aromatic carboxylic acids is 1. The van der Waals surface area contributed by atoms with Crippen molar-refractivity contribution in [1.82, 2.24) is 0 Å². The molecule has 0 bridgehead atoms. The van der Waals surface area contributed by atoms with Crippen LogP contribution >= 0.6 is 39.1 Å². The molecule has 0 heterocycles. The summed E-state index contributed by atoms with van der Waals surface area (Å²) < 4.78 is 0.518. The molecule has 0 aliphatic carbocycles. The quantitative estimate of drug-likeness (QED) is 0.720. The number of carbonyl (C=O) groups is 1. The van der Waals surface area contributed by atoms with E-state index >= 15 is 0 Å². The van der Waals surface area contributed by atoms with E-state index in [4.69, 9.17) is 28.3 Å². The Kier molecular flexibility index (Phi) is 5.52. The van der Waals surface area contributed by atoms with Gasteiger partial charge in [0.1, 0.15) is 0 Å². The van der Waals surface area contributed by atoms with Gasteiger partial charge >= 0.3 is 5.97 Å². The molecule has 1 unspecified atom stereocenters. The fourth-order valence-corrected chi connectivity index (χ4v) is 2.25. The van der Waals surface area contributed by atoms with E-state index in [0.717, 1.165) is 0 Å². The molecule has 0 fully saturated rings. The molecule has 0 amide bonds. The van der Waals surface area contributed by atoms with Crippen molar-refractivity contribution in [1.29, 1.82) is 0 Å². The second kappa shape index (κ2) is 6.44.